The zero-order valence-corrected chi connectivity index (χ0v) is 10.4. The predicted octanol–water partition coefficient (Wildman–Crippen LogP) is 0.115. The maximum atomic E-state index is 11.5. The number of carbonyl (C=O) groups excluding carboxylic acids is 2. The van der Waals surface area contributed by atoms with Crippen molar-refractivity contribution in [3.63, 3.8) is 0 Å². The van der Waals surface area contributed by atoms with Crippen LogP contribution in [0, 0.1) is 5.41 Å². The summed E-state index contributed by atoms with van der Waals surface area (Å²) in [5.41, 5.74) is -0.644. The van der Waals surface area contributed by atoms with E-state index in [1.54, 1.807) is 13.8 Å². The zero-order valence-electron chi connectivity index (χ0n) is 10.4. The Labute approximate surface area is 96.2 Å². The van der Waals surface area contributed by atoms with Crippen molar-refractivity contribution in [2.45, 2.75) is 33.3 Å². The molecule has 0 spiro atoms. The first-order chi connectivity index (χ1) is 7.31. The van der Waals surface area contributed by atoms with Gasteiger partial charge in [0.15, 0.2) is 0 Å². The largest absolute Gasteiger partial charge is 0.384 e. The molecule has 5 nitrogen and oxygen atoms in total. The summed E-state index contributed by atoms with van der Waals surface area (Å²) in [6, 6.07) is 0. The van der Waals surface area contributed by atoms with Crippen LogP contribution in [0.25, 0.3) is 0 Å². The monoisotopic (exact) mass is 231 g/mol. The number of aliphatic hydroxyl groups is 1. The summed E-state index contributed by atoms with van der Waals surface area (Å²) in [5, 5.41) is 12.3. The van der Waals surface area contributed by atoms with Gasteiger partial charge in [0.2, 0.25) is 5.91 Å². The molecule has 16 heavy (non-hydrogen) atoms. The number of Topliss-reactive ketones (excluding diaryl/α,β-unsaturated/α-hetero) is 1. The van der Waals surface area contributed by atoms with Gasteiger partial charge in [0.1, 0.15) is 11.9 Å². The summed E-state index contributed by atoms with van der Waals surface area (Å²) in [6.07, 6.45) is -0.859. The van der Waals surface area contributed by atoms with Gasteiger partial charge in [0, 0.05) is 25.5 Å². The van der Waals surface area contributed by atoms with E-state index in [2.05, 4.69) is 5.32 Å². The van der Waals surface area contributed by atoms with Crippen LogP contribution in [-0.4, -0.2) is 43.2 Å². The molecule has 0 rings (SSSR count). The van der Waals surface area contributed by atoms with E-state index in [1.807, 2.05) is 0 Å². The lowest BCUT2D eigenvalue weighted by Crippen LogP contribution is -2.46. The van der Waals surface area contributed by atoms with Gasteiger partial charge in [-0.15, -0.1) is 0 Å². The Kier molecular flexibility index (Phi) is 6.21. The summed E-state index contributed by atoms with van der Waals surface area (Å²) in [6.45, 7) is 5.48. The van der Waals surface area contributed by atoms with E-state index >= 15 is 0 Å². The van der Waals surface area contributed by atoms with Crippen molar-refractivity contribution in [1.82, 2.24) is 5.32 Å². The highest BCUT2D eigenvalue weighted by atomic mass is 16.5. The molecule has 1 unspecified atom stereocenters. The van der Waals surface area contributed by atoms with E-state index in [4.69, 9.17) is 4.74 Å². The quantitative estimate of drug-likeness (QED) is 0.652. The highest BCUT2D eigenvalue weighted by Gasteiger charge is 2.33. The van der Waals surface area contributed by atoms with Gasteiger partial charge >= 0.3 is 0 Å². The maximum absolute atomic E-state index is 11.5. The molecular formula is C11H21NO4. The first-order valence-electron chi connectivity index (χ1n) is 5.25. The van der Waals surface area contributed by atoms with Crippen molar-refractivity contribution in [3.05, 3.63) is 0 Å². The van der Waals surface area contributed by atoms with Crippen molar-refractivity contribution < 1.29 is 19.4 Å². The predicted molar refractivity (Wildman–Crippen MR) is 60.0 cm³/mol. The summed E-state index contributed by atoms with van der Waals surface area (Å²) in [7, 11) is 1.52. The summed E-state index contributed by atoms with van der Waals surface area (Å²) < 4.78 is 4.93. The van der Waals surface area contributed by atoms with Crippen molar-refractivity contribution in [2.75, 3.05) is 20.3 Å². The molecule has 0 saturated heterocycles. The number of nitrogens with one attached hydrogen (secondary N) is 1. The SMILES string of the molecule is COCC(C)(C)C(O)C(=O)NCCC(C)=O. The lowest BCUT2D eigenvalue weighted by molar-refractivity contribution is -0.137. The van der Waals surface area contributed by atoms with Gasteiger partial charge in [0.25, 0.3) is 0 Å². The number of amides is 1. The molecule has 0 aromatic heterocycles. The van der Waals surface area contributed by atoms with Crippen LogP contribution in [-0.2, 0) is 14.3 Å². The molecule has 0 fully saturated rings. The summed E-state index contributed by atoms with van der Waals surface area (Å²) >= 11 is 0. The Hall–Kier alpha value is -0.940. The fourth-order valence-electron chi connectivity index (χ4n) is 1.26. The number of carbonyl (C=O) groups is 2. The van der Waals surface area contributed by atoms with Crippen LogP contribution in [0.15, 0.2) is 0 Å². The lowest BCUT2D eigenvalue weighted by atomic mass is 9.87. The zero-order chi connectivity index (χ0) is 12.8. The maximum Gasteiger partial charge on any atom is 0.249 e. The van der Waals surface area contributed by atoms with Gasteiger partial charge in [-0.1, -0.05) is 13.8 Å². The molecule has 0 aliphatic heterocycles. The number of methoxy groups -OCH3 is 1. The number of ether oxygens (including phenoxy) is 1. The Morgan fingerprint density at radius 3 is 2.44 bits per heavy atom. The minimum atomic E-state index is -1.14. The second kappa shape index (κ2) is 6.60. The van der Waals surface area contributed by atoms with Crippen LogP contribution in [0.5, 0.6) is 0 Å². The third-order valence-electron chi connectivity index (χ3n) is 2.28. The van der Waals surface area contributed by atoms with E-state index in [9.17, 15) is 14.7 Å². The van der Waals surface area contributed by atoms with E-state index < -0.39 is 17.4 Å². The number of hydrogen-bond acceptors (Lipinski definition) is 4. The second-order valence-electron chi connectivity index (χ2n) is 4.57. The molecule has 0 aliphatic carbocycles. The van der Waals surface area contributed by atoms with Gasteiger partial charge in [-0.05, 0) is 6.92 Å². The minimum absolute atomic E-state index is 0.00550. The van der Waals surface area contributed by atoms with Crippen LogP contribution < -0.4 is 5.32 Å². The van der Waals surface area contributed by atoms with E-state index in [0.717, 1.165) is 0 Å². The van der Waals surface area contributed by atoms with E-state index in [1.165, 1.54) is 14.0 Å². The van der Waals surface area contributed by atoms with Crippen molar-refractivity contribution >= 4 is 11.7 Å². The molecule has 2 N–H and O–H groups in total. The highest BCUT2D eigenvalue weighted by Crippen LogP contribution is 2.20. The molecule has 0 bridgehead atoms. The van der Waals surface area contributed by atoms with E-state index in [-0.39, 0.29) is 25.4 Å². The Bertz CT molecular complexity index is 250. The molecule has 0 aromatic carbocycles. The molecule has 0 aromatic rings. The molecule has 94 valence electrons. The minimum Gasteiger partial charge on any atom is -0.384 e. The summed E-state index contributed by atoms with van der Waals surface area (Å²) in [5.74, 6) is -0.464. The first-order valence-corrected chi connectivity index (χ1v) is 5.25. The average molecular weight is 231 g/mol. The Morgan fingerprint density at radius 1 is 1.44 bits per heavy atom. The fraction of sp³-hybridized carbons (Fsp3) is 0.818. The fourth-order valence-corrected chi connectivity index (χ4v) is 1.26. The molecular weight excluding hydrogens is 210 g/mol. The van der Waals surface area contributed by atoms with Crippen molar-refractivity contribution in [1.29, 1.82) is 0 Å². The van der Waals surface area contributed by atoms with Crippen LogP contribution in [0.4, 0.5) is 0 Å². The van der Waals surface area contributed by atoms with Crippen LogP contribution in [0.2, 0.25) is 0 Å². The molecule has 0 radical (unpaired) electrons. The molecule has 0 heterocycles. The number of rotatable bonds is 7. The van der Waals surface area contributed by atoms with Gasteiger partial charge in [-0.3, -0.25) is 9.59 Å². The van der Waals surface area contributed by atoms with Crippen molar-refractivity contribution in [3.8, 4) is 0 Å². The molecule has 0 aliphatic rings. The van der Waals surface area contributed by atoms with Crippen molar-refractivity contribution in [2.24, 2.45) is 5.41 Å². The Morgan fingerprint density at radius 2 is 2.00 bits per heavy atom. The summed E-state index contributed by atoms with van der Waals surface area (Å²) in [4.78, 5) is 22.2. The highest BCUT2D eigenvalue weighted by molar-refractivity contribution is 5.82. The molecule has 1 amide bonds. The van der Waals surface area contributed by atoms with Crippen LogP contribution in [0.1, 0.15) is 27.2 Å². The number of aliphatic hydroxyl groups excluding tert-OH is 1. The van der Waals surface area contributed by atoms with Gasteiger partial charge < -0.3 is 15.2 Å². The van der Waals surface area contributed by atoms with Gasteiger partial charge in [-0.25, -0.2) is 0 Å². The normalized spacial score (nSPS) is 13.3. The van der Waals surface area contributed by atoms with E-state index in [0.29, 0.717) is 0 Å². The lowest BCUT2D eigenvalue weighted by Gasteiger charge is -2.28. The third kappa shape index (κ3) is 5.23. The molecule has 0 saturated carbocycles. The standard InChI is InChI=1S/C11H21NO4/c1-8(13)5-6-12-10(15)9(14)11(2,3)7-16-4/h9,14H,5-7H2,1-4H3,(H,12,15). The molecule has 5 heteroatoms. The van der Waals surface area contributed by atoms with Gasteiger partial charge in [0.05, 0.1) is 6.61 Å². The van der Waals surface area contributed by atoms with Crippen LogP contribution >= 0.6 is 0 Å². The number of hydrogen-bond donors (Lipinski definition) is 2. The Balaban J connectivity index is 4.12. The smallest absolute Gasteiger partial charge is 0.249 e. The third-order valence-corrected chi connectivity index (χ3v) is 2.28. The average Bonchev–Trinajstić information content (AvgIpc) is 2.15. The number of ketones is 1. The first kappa shape index (κ1) is 15.1. The van der Waals surface area contributed by atoms with Gasteiger partial charge in [-0.2, -0.15) is 0 Å². The second-order valence-corrected chi connectivity index (χ2v) is 4.57. The molecule has 1 atom stereocenters. The topological polar surface area (TPSA) is 75.6 Å². The van der Waals surface area contributed by atoms with Crippen LogP contribution in [0.3, 0.4) is 0 Å².